The van der Waals surface area contributed by atoms with E-state index in [0.29, 0.717) is 21.5 Å². The number of hydrogen-bond donors (Lipinski definition) is 2. The van der Waals surface area contributed by atoms with Crippen LogP contribution in [-0.4, -0.2) is 16.0 Å². The predicted molar refractivity (Wildman–Crippen MR) is 81.5 cm³/mol. The Balaban J connectivity index is 1.76. The van der Waals surface area contributed by atoms with Gasteiger partial charge in [0.1, 0.15) is 11.3 Å². The van der Waals surface area contributed by atoms with Crippen molar-refractivity contribution in [2.24, 2.45) is 0 Å². The Morgan fingerprint density at radius 1 is 1.15 bits per heavy atom. The Morgan fingerprint density at radius 3 is 2.80 bits per heavy atom. The van der Waals surface area contributed by atoms with E-state index in [9.17, 15) is 4.79 Å². The molecule has 0 bridgehead atoms. The van der Waals surface area contributed by atoms with E-state index in [4.69, 9.17) is 11.6 Å². The van der Waals surface area contributed by atoms with Gasteiger partial charge in [-0.1, -0.05) is 35.1 Å². The van der Waals surface area contributed by atoms with Crippen molar-refractivity contribution in [3.63, 3.8) is 0 Å². The topological polar surface area (TPSA) is 66.9 Å². The molecule has 5 nitrogen and oxygen atoms in total. The van der Waals surface area contributed by atoms with Crippen LogP contribution in [0.5, 0.6) is 0 Å². The summed E-state index contributed by atoms with van der Waals surface area (Å²) in [6, 6.07) is 10.4. The van der Waals surface area contributed by atoms with Crippen LogP contribution in [0.3, 0.4) is 0 Å². The van der Waals surface area contributed by atoms with Crippen LogP contribution in [0.4, 0.5) is 15.7 Å². The summed E-state index contributed by atoms with van der Waals surface area (Å²) in [5.41, 5.74) is 0.687. The van der Waals surface area contributed by atoms with Crippen LogP contribution < -0.4 is 10.6 Å². The first-order chi connectivity index (χ1) is 9.72. The van der Waals surface area contributed by atoms with Gasteiger partial charge >= 0.3 is 6.03 Å². The van der Waals surface area contributed by atoms with Crippen LogP contribution in [0, 0.1) is 0 Å². The molecule has 100 valence electrons. The SMILES string of the molecule is O=C(Nc1ccccn1)Nc1nc2c(Cl)cccc2s1. The first-order valence-electron chi connectivity index (χ1n) is 5.76. The van der Waals surface area contributed by atoms with Gasteiger partial charge in [0.25, 0.3) is 0 Å². The van der Waals surface area contributed by atoms with Crippen molar-refractivity contribution in [1.82, 2.24) is 9.97 Å². The highest BCUT2D eigenvalue weighted by Crippen LogP contribution is 2.30. The number of nitrogens with zero attached hydrogens (tertiary/aromatic N) is 2. The normalized spacial score (nSPS) is 10.4. The van der Waals surface area contributed by atoms with Gasteiger partial charge in [-0.25, -0.2) is 14.8 Å². The highest BCUT2D eigenvalue weighted by Gasteiger charge is 2.09. The third-order valence-corrected chi connectivity index (χ3v) is 3.74. The molecule has 0 saturated carbocycles. The molecular weight excluding hydrogens is 296 g/mol. The Bertz CT molecular complexity index is 759. The zero-order chi connectivity index (χ0) is 13.9. The lowest BCUT2D eigenvalue weighted by Gasteiger charge is -2.03. The van der Waals surface area contributed by atoms with Gasteiger partial charge in [-0.15, -0.1) is 0 Å². The maximum Gasteiger partial charge on any atom is 0.326 e. The largest absolute Gasteiger partial charge is 0.326 e. The molecule has 2 aromatic heterocycles. The highest BCUT2D eigenvalue weighted by atomic mass is 35.5. The lowest BCUT2D eigenvalue weighted by atomic mass is 10.3. The second-order valence-electron chi connectivity index (χ2n) is 3.90. The van der Waals surface area contributed by atoms with Gasteiger partial charge in [0.15, 0.2) is 5.13 Å². The molecule has 0 aliphatic rings. The van der Waals surface area contributed by atoms with E-state index in [1.165, 1.54) is 11.3 Å². The number of thiazole rings is 1. The van der Waals surface area contributed by atoms with E-state index in [0.717, 1.165) is 4.70 Å². The molecule has 0 radical (unpaired) electrons. The fourth-order valence-electron chi connectivity index (χ4n) is 1.65. The van der Waals surface area contributed by atoms with E-state index in [1.807, 2.05) is 12.1 Å². The summed E-state index contributed by atoms with van der Waals surface area (Å²) in [6.07, 6.45) is 1.60. The van der Waals surface area contributed by atoms with Gasteiger partial charge in [-0.2, -0.15) is 0 Å². The zero-order valence-corrected chi connectivity index (χ0v) is 11.7. The number of carbonyl (C=O) groups is 1. The zero-order valence-electron chi connectivity index (χ0n) is 10.1. The van der Waals surface area contributed by atoms with Crippen LogP contribution in [0.1, 0.15) is 0 Å². The molecule has 2 heterocycles. The van der Waals surface area contributed by atoms with E-state index in [2.05, 4.69) is 20.6 Å². The molecular formula is C13H9ClN4OS. The Morgan fingerprint density at radius 2 is 2.05 bits per heavy atom. The van der Waals surface area contributed by atoms with E-state index < -0.39 is 0 Å². The van der Waals surface area contributed by atoms with Crippen LogP contribution in [0.2, 0.25) is 5.02 Å². The highest BCUT2D eigenvalue weighted by molar-refractivity contribution is 7.22. The number of benzene rings is 1. The predicted octanol–water partition coefficient (Wildman–Crippen LogP) is 3.99. The Hall–Kier alpha value is -2.18. The molecule has 20 heavy (non-hydrogen) atoms. The van der Waals surface area contributed by atoms with Crippen molar-refractivity contribution >= 4 is 50.1 Å². The number of para-hydroxylation sites is 1. The molecule has 2 N–H and O–H groups in total. The number of urea groups is 1. The third-order valence-electron chi connectivity index (χ3n) is 2.50. The van der Waals surface area contributed by atoms with Crippen molar-refractivity contribution in [2.45, 2.75) is 0 Å². The number of nitrogens with one attached hydrogen (secondary N) is 2. The van der Waals surface area contributed by atoms with E-state index in [1.54, 1.807) is 30.5 Å². The summed E-state index contributed by atoms with van der Waals surface area (Å²) in [4.78, 5) is 20.1. The first kappa shape index (κ1) is 12.8. The van der Waals surface area contributed by atoms with Crippen molar-refractivity contribution < 1.29 is 4.79 Å². The fourth-order valence-corrected chi connectivity index (χ4v) is 2.81. The summed E-state index contributed by atoms with van der Waals surface area (Å²) in [6.45, 7) is 0. The number of amides is 2. The summed E-state index contributed by atoms with van der Waals surface area (Å²) in [7, 11) is 0. The number of halogens is 1. The molecule has 0 fully saturated rings. The molecule has 7 heteroatoms. The second-order valence-corrected chi connectivity index (χ2v) is 5.34. The third kappa shape index (κ3) is 2.71. The second kappa shape index (κ2) is 5.44. The van der Waals surface area contributed by atoms with Crippen molar-refractivity contribution in [1.29, 1.82) is 0 Å². The number of rotatable bonds is 2. The number of pyridine rings is 1. The minimum atomic E-state index is -0.390. The average Bonchev–Trinajstić information content (AvgIpc) is 2.83. The fraction of sp³-hybridized carbons (Fsp3) is 0. The summed E-state index contributed by atoms with van der Waals surface area (Å²) < 4.78 is 0.922. The Kier molecular flexibility index (Phi) is 3.49. The van der Waals surface area contributed by atoms with Crippen LogP contribution in [0.25, 0.3) is 10.2 Å². The van der Waals surface area contributed by atoms with E-state index >= 15 is 0 Å². The van der Waals surface area contributed by atoms with Crippen molar-refractivity contribution in [2.75, 3.05) is 10.6 Å². The smallest absolute Gasteiger partial charge is 0.292 e. The van der Waals surface area contributed by atoms with Gasteiger partial charge in [0.2, 0.25) is 0 Å². The molecule has 0 aliphatic heterocycles. The van der Waals surface area contributed by atoms with Crippen LogP contribution >= 0.6 is 22.9 Å². The summed E-state index contributed by atoms with van der Waals surface area (Å²) in [5, 5.41) is 6.34. The monoisotopic (exact) mass is 304 g/mol. The van der Waals surface area contributed by atoms with E-state index in [-0.39, 0.29) is 6.03 Å². The standard InChI is InChI=1S/C13H9ClN4OS/c14-8-4-3-5-9-11(8)17-13(20-9)18-12(19)16-10-6-1-2-7-15-10/h1-7H,(H2,15,16,17,18,19). The van der Waals surface area contributed by atoms with Gasteiger partial charge in [-0.3, -0.25) is 10.6 Å². The molecule has 0 unspecified atom stereocenters. The molecule has 3 rings (SSSR count). The minimum Gasteiger partial charge on any atom is -0.292 e. The minimum absolute atomic E-state index is 0.390. The number of hydrogen-bond acceptors (Lipinski definition) is 4. The molecule has 2 amide bonds. The van der Waals surface area contributed by atoms with Gasteiger partial charge < -0.3 is 0 Å². The molecule has 0 spiro atoms. The van der Waals surface area contributed by atoms with Crippen LogP contribution in [0.15, 0.2) is 42.6 Å². The average molecular weight is 305 g/mol. The van der Waals surface area contributed by atoms with Gasteiger partial charge in [-0.05, 0) is 24.3 Å². The number of aromatic nitrogens is 2. The van der Waals surface area contributed by atoms with Crippen LogP contribution in [-0.2, 0) is 0 Å². The molecule has 0 atom stereocenters. The maximum atomic E-state index is 11.8. The van der Waals surface area contributed by atoms with Crippen molar-refractivity contribution in [3.8, 4) is 0 Å². The molecule has 0 aliphatic carbocycles. The summed E-state index contributed by atoms with van der Waals surface area (Å²) in [5.74, 6) is 0.476. The molecule has 1 aromatic carbocycles. The Labute approximate surface area is 123 Å². The maximum absolute atomic E-state index is 11.8. The number of carbonyl (C=O) groups excluding carboxylic acids is 1. The molecule has 0 saturated heterocycles. The lowest BCUT2D eigenvalue weighted by Crippen LogP contribution is -2.19. The number of anilines is 2. The van der Waals surface area contributed by atoms with Gasteiger partial charge in [0.05, 0.1) is 9.72 Å². The number of fused-ring (bicyclic) bond motifs is 1. The first-order valence-corrected chi connectivity index (χ1v) is 6.96. The van der Waals surface area contributed by atoms with Gasteiger partial charge in [0, 0.05) is 6.20 Å². The van der Waals surface area contributed by atoms with Crippen molar-refractivity contribution in [3.05, 3.63) is 47.6 Å². The summed E-state index contributed by atoms with van der Waals surface area (Å²) >= 11 is 7.40. The quantitative estimate of drug-likeness (QED) is 0.752. The molecule has 3 aromatic rings. The lowest BCUT2D eigenvalue weighted by molar-refractivity contribution is 0.262.